The Hall–Kier alpha value is -1.63. The van der Waals surface area contributed by atoms with E-state index in [0.717, 1.165) is 18.5 Å². The molecule has 1 aromatic heterocycles. The molecule has 16 heavy (non-hydrogen) atoms. The molecule has 2 rings (SSSR count). The van der Waals surface area contributed by atoms with Crippen LogP contribution in [0.2, 0.25) is 0 Å². The molecule has 0 atom stereocenters. The van der Waals surface area contributed by atoms with Gasteiger partial charge in [-0.2, -0.15) is 0 Å². The van der Waals surface area contributed by atoms with Crippen molar-refractivity contribution in [2.75, 3.05) is 0 Å². The fourth-order valence-electron chi connectivity index (χ4n) is 1.76. The maximum Gasteiger partial charge on any atom is 0.0704 e. The van der Waals surface area contributed by atoms with Gasteiger partial charge in [0.1, 0.15) is 0 Å². The van der Waals surface area contributed by atoms with Crippen LogP contribution in [0, 0.1) is 0 Å². The van der Waals surface area contributed by atoms with E-state index >= 15 is 0 Å². The average Bonchev–Trinajstić information content (AvgIpc) is 2.39. The second kappa shape index (κ2) is 4.93. The van der Waals surface area contributed by atoms with Crippen molar-refractivity contribution in [2.24, 2.45) is 0 Å². The van der Waals surface area contributed by atoms with Gasteiger partial charge in [0.2, 0.25) is 0 Å². The van der Waals surface area contributed by atoms with Crippen LogP contribution < -0.4 is 0 Å². The molecule has 0 saturated carbocycles. The summed E-state index contributed by atoms with van der Waals surface area (Å²) in [6, 6.07) is 12.9. The average molecular weight is 211 g/mol. The van der Waals surface area contributed by atoms with E-state index in [1.807, 2.05) is 6.20 Å². The van der Waals surface area contributed by atoms with Crippen LogP contribution in [0.5, 0.6) is 0 Å². The second-order valence-corrected chi connectivity index (χ2v) is 3.95. The number of rotatable bonds is 3. The van der Waals surface area contributed by atoms with Gasteiger partial charge >= 0.3 is 0 Å². The summed E-state index contributed by atoms with van der Waals surface area (Å²) in [5.41, 5.74) is 4.98. The molecule has 0 unspecified atom stereocenters. The summed E-state index contributed by atoms with van der Waals surface area (Å²) < 4.78 is 0. The number of pyridine rings is 1. The van der Waals surface area contributed by atoms with Crippen LogP contribution >= 0.6 is 0 Å². The van der Waals surface area contributed by atoms with Gasteiger partial charge in [-0.1, -0.05) is 38.1 Å². The summed E-state index contributed by atoms with van der Waals surface area (Å²) in [4.78, 5) is 4.41. The zero-order valence-electron chi connectivity index (χ0n) is 9.90. The maximum atomic E-state index is 4.41. The minimum Gasteiger partial charge on any atom is -0.256 e. The van der Waals surface area contributed by atoms with Crippen LogP contribution in [0.25, 0.3) is 11.3 Å². The Morgan fingerprint density at radius 3 is 2.19 bits per heavy atom. The van der Waals surface area contributed by atoms with Gasteiger partial charge in [0.25, 0.3) is 0 Å². The number of hydrogen-bond acceptors (Lipinski definition) is 1. The third-order valence-electron chi connectivity index (χ3n) is 2.89. The van der Waals surface area contributed by atoms with Crippen molar-refractivity contribution in [1.82, 2.24) is 4.98 Å². The number of aryl methyl sites for hydroxylation is 2. The molecule has 2 aromatic rings. The van der Waals surface area contributed by atoms with Crippen LogP contribution in [0.3, 0.4) is 0 Å². The van der Waals surface area contributed by atoms with Gasteiger partial charge in [-0.05, 0) is 36.1 Å². The first-order valence-electron chi connectivity index (χ1n) is 5.87. The second-order valence-electron chi connectivity index (χ2n) is 3.95. The summed E-state index contributed by atoms with van der Waals surface area (Å²) in [5.74, 6) is 0. The van der Waals surface area contributed by atoms with Crippen molar-refractivity contribution in [1.29, 1.82) is 0 Å². The Bertz CT molecular complexity index is 457. The summed E-state index contributed by atoms with van der Waals surface area (Å²) in [7, 11) is 0. The lowest BCUT2D eigenvalue weighted by Gasteiger charge is -2.04. The quantitative estimate of drug-likeness (QED) is 0.751. The zero-order valence-corrected chi connectivity index (χ0v) is 9.90. The molecule has 0 spiro atoms. The fourth-order valence-corrected chi connectivity index (χ4v) is 1.76. The summed E-state index contributed by atoms with van der Waals surface area (Å²) >= 11 is 0. The number of benzene rings is 1. The van der Waals surface area contributed by atoms with Crippen molar-refractivity contribution >= 4 is 0 Å². The first-order chi connectivity index (χ1) is 7.83. The summed E-state index contributed by atoms with van der Waals surface area (Å²) in [5, 5.41) is 0. The minimum absolute atomic E-state index is 1.06. The molecule has 0 amide bonds. The van der Waals surface area contributed by atoms with Gasteiger partial charge < -0.3 is 0 Å². The van der Waals surface area contributed by atoms with Crippen LogP contribution in [0.15, 0.2) is 42.6 Å². The lowest BCUT2D eigenvalue weighted by molar-refractivity contribution is 1.12. The number of aromatic nitrogens is 1. The fraction of sp³-hybridized carbons (Fsp3) is 0.267. The third kappa shape index (κ3) is 2.30. The molecule has 0 aliphatic carbocycles. The highest BCUT2D eigenvalue weighted by molar-refractivity contribution is 5.60. The molecule has 1 nitrogen and oxygen atoms in total. The molecule has 0 aliphatic heterocycles. The Morgan fingerprint density at radius 1 is 0.875 bits per heavy atom. The smallest absolute Gasteiger partial charge is 0.0704 e. The summed E-state index contributed by atoms with van der Waals surface area (Å²) in [6.07, 6.45) is 4.03. The van der Waals surface area contributed by atoms with E-state index in [4.69, 9.17) is 0 Å². The predicted octanol–water partition coefficient (Wildman–Crippen LogP) is 3.87. The zero-order chi connectivity index (χ0) is 11.4. The molecule has 82 valence electrons. The molecule has 1 heteroatoms. The highest BCUT2D eigenvalue weighted by Crippen LogP contribution is 2.18. The predicted molar refractivity (Wildman–Crippen MR) is 68.4 cm³/mol. The molecule has 0 radical (unpaired) electrons. The van der Waals surface area contributed by atoms with Gasteiger partial charge in [-0.3, -0.25) is 4.98 Å². The first-order valence-corrected chi connectivity index (χ1v) is 5.87. The van der Waals surface area contributed by atoms with Gasteiger partial charge in [0.05, 0.1) is 5.69 Å². The highest BCUT2D eigenvalue weighted by atomic mass is 14.7. The minimum atomic E-state index is 1.06. The summed E-state index contributed by atoms with van der Waals surface area (Å²) in [6.45, 7) is 4.34. The van der Waals surface area contributed by atoms with Crippen LogP contribution in [-0.4, -0.2) is 4.98 Å². The number of hydrogen-bond donors (Lipinski definition) is 0. The standard InChI is InChI=1S/C15H17N/c1-3-12-5-7-14(8-6-12)15-11-13(4-2)9-10-16-15/h5-11H,3-4H2,1-2H3. The topological polar surface area (TPSA) is 12.9 Å². The van der Waals surface area contributed by atoms with Crippen molar-refractivity contribution in [3.05, 3.63) is 53.7 Å². The SMILES string of the molecule is CCc1ccc(-c2cc(CC)ccn2)cc1. The molecule has 1 heterocycles. The molecule has 0 bridgehead atoms. The van der Waals surface area contributed by atoms with E-state index < -0.39 is 0 Å². The van der Waals surface area contributed by atoms with E-state index in [1.165, 1.54) is 16.7 Å². The van der Waals surface area contributed by atoms with Gasteiger partial charge in [0.15, 0.2) is 0 Å². The van der Waals surface area contributed by atoms with Crippen molar-refractivity contribution < 1.29 is 0 Å². The largest absolute Gasteiger partial charge is 0.256 e. The van der Waals surface area contributed by atoms with E-state index in [2.05, 4.69) is 55.2 Å². The van der Waals surface area contributed by atoms with Gasteiger partial charge in [-0.15, -0.1) is 0 Å². The Labute approximate surface area is 97.2 Å². The lowest BCUT2D eigenvalue weighted by Crippen LogP contribution is -1.87. The normalized spacial score (nSPS) is 10.4. The van der Waals surface area contributed by atoms with Crippen molar-refractivity contribution in [3.8, 4) is 11.3 Å². The molecule has 0 N–H and O–H groups in total. The Morgan fingerprint density at radius 2 is 1.56 bits per heavy atom. The van der Waals surface area contributed by atoms with Crippen LogP contribution in [-0.2, 0) is 12.8 Å². The first kappa shape index (κ1) is 10.9. The van der Waals surface area contributed by atoms with E-state index in [-0.39, 0.29) is 0 Å². The highest BCUT2D eigenvalue weighted by Gasteiger charge is 1.99. The van der Waals surface area contributed by atoms with Crippen LogP contribution in [0.1, 0.15) is 25.0 Å². The molecule has 0 saturated heterocycles. The monoisotopic (exact) mass is 211 g/mol. The molecular weight excluding hydrogens is 194 g/mol. The van der Waals surface area contributed by atoms with Crippen molar-refractivity contribution in [3.63, 3.8) is 0 Å². The lowest BCUT2D eigenvalue weighted by atomic mass is 10.1. The Balaban J connectivity index is 2.34. The van der Waals surface area contributed by atoms with Gasteiger partial charge in [-0.25, -0.2) is 0 Å². The van der Waals surface area contributed by atoms with E-state index in [9.17, 15) is 0 Å². The molecular formula is C15H17N. The van der Waals surface area contributed by atoms with Crippen LogP contribution in [0.4, 0.5) is 0 Å². The third-order valence-corrected chi connectivity index (χ3v) is 2.89. The molecule has 1 aromatic carbocycles. The maximum absolute atomic E-state index is 4.41. The molecule has 0 aliphatic rings. The van der Waals surface area contributed by atoms with E-state index in [1.54, 1.807) is 0 Å². The molecule has 0 fully saturated rings. The van der Waals surface area contributed by atoms with Gasteiger partial charge in [0, 0.05) is 11.8 Å². The Kier molecular flexibility index (Phi) is 3.35. The van der Waals surface area contributed by atoms with Crippen molar-refractivity contribution in [2.45, 2.75) is 26.7 Å². The number of nitrogens with zero attached hydrogens (tertiary/aromatic N) is 1. The van der Waals surface area contributed by atoms with E-state index in [0.29, 0.717) is 0 Å².